The van der Waals surface area contributed by atoms with Gasteiger partial charge in [-0.05, 0) is 32.9 Å². The van der Waals surface area contributed by atoms with Gasteiger partial charge < -0.3 is 19.9 Å². The van der Waals surface area contributed by atoms with Gasteiger partial charge in [-0.2, -0.15) is 0 Å². The largest absolute Gasteiger partial charge is 0.481 e. The number of hydrogen-bond donors (Lipinski definition) is 2. The number of aromatic nitrogens is 2. The Morgan fingerprint density at radius 2 is 2.00 bits per heavy atom. The van der Waals surface area contributed by atoms with Gasteiger partial charge in [-0.15, -0.1) is 0 Å². The van der Waals surface area contributed by atoms with Crippen molar-refractivity contribution in [1.29, 1.82) is 0 Å². The molecule has 3 heterocycles. The molecule has 0 spiro atoms. The predicted octanol–water partition coefficient (Wildman–Crippen LogP) is 1.86. The molecule has 2 aliphatic rings. The third kappa shape index (κ3) is 2.92. The number of carbonyl (C=O) groups is 2. The van der Waals surface area contributed by atoms with Crippen LogP contribution in [0.15, 0.2) is 30.3 Å². The maximum atomic E-state index is 13.1. The van der Waals surface area contributed by atoms with Crippen molar-refractivity contribution in [3.63, 3.8) is 0 Å². The van der Waals surface area contributed by atoms with Crippen LogP contribution in [0.2, 0.25) is 0 Å². The number of likely N-dealkylation sites (tertiary alicyclic amines) is 2. The van der Waals surface area contributed by atoms with Crippen molar-refractivity contribution in [2.75, 3.05) is 33.2 Å². The molecule has 1 aromatic carbocycles. The number of carboxylic acids is 1. The number of amides is 1. The van der Waals surface area contributed by atoms with Crippen molar-refractivity contribution in [1.82, 2.24) is 19.8 Å². The van der Waals surface area contributed by atoms with Gasteiger partial charge in [0.25, 0.3) is 5.91 Å². The SMILES string of the molecule is Cc1[nH]c(-c2ccccc2)nc1C(=O)N1C[C@H]2CCN(C)C[C@@]2(C(=O)O)C1. The average Bonchev–Trinajstić information content (AvgIpc) is 3.23. The van der Waals surface area contributed by atoms with Gasteiger partial charge in [0.1, 0.15) is 16.9 Å². The summed E-state index contributed by atoms with van der Waals surface area (Å²) in [6.45, 7) is 3.89. The summed E-state index contributed by atoms with van der Waals surface area (Å²) in [5.41, 5.74) is 1.12. The summed E-state index contributed by atoms with van der Waals surface area (Å²) < 4.78 is 0. The van der Waals surface area contributed by atoms with E-state index in [-0.39, 0.29) is 18.4 Å². The zero-order valence-electron chi connectivity index (χ0n) is 15.6. The molecule has 7 nitrogen and oxygen atoms in total. The zero-order chi connectivity index (χ0) is 19.2. The van der Waals surface area contributed by atoms with Crippen LogP contribution in [0, 0.1) is 18.3 Å². The van der Waals surface area contributed by atoms with Crippen LogP contribution in [-0.4, -0.2) is 70.0 Å². The number of piperidine rings is 1. The molecule has 2 saturated heterocycles. The number of aryl methyl sites for hydroxylation is 1. The third-order valence-electron chi connectivity index (χ3n) is 5.95. The smallest absolute Gasteiger partial charge is 0.313 e. The molecule has 7 heteroatoms. The number of aliphatic carboxylic acids is 1. The highest BCUT2D eigenvalue weighted by Gasteiger charge is 2.55. The minimum absolute atomic E-state index is 0.0111. The van der Waals surface area contributed by atoms with Crippen LogP contribution in [0.1, 0.15) is 22.6 Å². The number of imidazole rings is 1. The first-order chi connectivity index (χ1) is 12.9. The van der Waals surface area contributed by atoms with Gasteiger partial charge in [0, 0.05) is 30.9 Å². The number of carbonyl (C=O) groups excluding carboxylic acids is 1. The van der Waals surface area contributed by atoms with Gasteiger partial charge >= 0.3 is 5.97 Å². The van der Waals surface area contributed by atoms with Gasteiger partial charge in [-0.1, -0.05) is 30.3 Å². The second-order valence-corrected chi connectivity index (χ2v) is 7.80. The molecule has 2 atom stereocenters. The highest BCUT2D eigenvalue weighted by Crippen LogP contribution is 2.42. The molecular formula is C20H24N4O3. The van der Waals surface area contributed by atoms with Crippen LogP contribution >= 0.6 is 0 Å². The second kappa shape index (κ2) is 6.49. The van der Waals surface area contributed by atoms with Gasteiger partial charge in [0.05, 0.1) is 0 Å². The standard InChI is InChI=1S/C20H24N4O3/c1-13-16(22-17(21-13)14-6-4-3-5-7-14)18(25)24-10-15-8-9-23(2)11-20(15,12-24)19(26)27/h3-7,15H,8-12H2,1-2H3,(H,21,22)(H,26,27)/t15-,20-/m1/s1. The quantitative estimate of drug-likeness (QED) is 0.863. The third-order valence-corrected chi connectivity index (χ3v) is 5.95. The van der Waals surface area contributed by atoms with E-state index >= 15 is 0 Å². The summed E-state index contributed by atoms with van der Waals surface area (Å²) in [6.07, 6.45) is 0.793. The lowest BCUT2D eigenvalue weighted by molar-refractivity contribution is -0.153. The Kier molecular flexibility index (Phi) is 4.26. The number of aromatic amines is 1. The number of nitrogens with one attached hydrogen (secondary N) is 1. The molecular weight excluding hydrogens is 344 g/mol. The molecule has 1 aromatic heterocycles. The van der Waals surface area contributed by atoms with Crippen molar-refractivity contribution in [3.8, 4) is 11.4 Å². The van der Waals surface area contributed by atoms with E-state index in [2.05, 4.69) is 9.97 Å². The van der Waals surface area contributed by atoms with E-state index in [1.54, 1.807) is 4.90 Å². The second-order valence-electron chi connectivity index (χ2n) is 7.80. The first kappa shape index (κ1) is 17.7. The van der Waals surface area contributed by atoms with Gasteiger partial charge in [0.15, 0.2) is 0 Å². The van der Waals surface area contributed by atoms with E-state index in [0.29, 0.717) is 30.3 Å². The fourth-order valence-electron chi connectivity index (χ4n) is 4.47. The molecule has 0 aliphatic carbocycles. The van der Waals surface area contributed by atoms with E-state index in [4.69, 9.17) is 0 Å². The van der Waals surface area contributed by atoms with Gasteiger partial charge in [-0.3, -0.25) is 9.59 Å². The molecule has 0 bridgehead atoms. The molecule has 2 aromatic rings. The summed E-state index contributed by atoms with van der Waals surface area (Å²) in [4.78, 5) is 36.6. The van der Waals surface area contributed by atoms with Gasteiger partial charge in [-0.25, -0.2) is 4.98 Å². The van der Waals surface area contributed by atoms with E-state index in [9.17, 15) is 14.7 Å². The number of H-pyrrole nitrogens is 1. The van der Waals surface area contributed by atoms with Crippen molar-refractivity contribution >= 4 is 11.9 Å². The van der Waals surface area contributed by atoms with E-state index in [1.807, 2.05) is 49.2 Å². The van der Waals surface area contributed by atoms with Crippen molar-refractivity contribution in [2.24, 2.45) is 11.3 Å². The van der Waals surface area contributed by atoms with Crippen LogP contribution in [0.25, 0.3) is 11.4 Å². The topological polar surface area (TPSA) is 89.5 Å². The Hall–Kier alpha value is -2.67. The number of hydrogen-bond acceptors (Lipinski definition) is 4. The maximum absolute atomic E-state index is 13.1. The molecule has 2 aliphatic heterocycles. The summed E-state index contributed by atoms with van der Waals surface area (Å²) >= 11 is 0. The Balaban J connectivity index is 1.61. The maximum Gasteiger partial charge on any atom is 0.313 e. The van der Waals surface area contributed by atoms with Crippen LogP contribution < -0.4 is 0 Å². The Morgan fingerprint density at radius 1 is 1.26 bits per heavy atom. The Morgan fingerprint density at radius 3 is 2.70 bits per heavy atom. The predicted molar refractivity (Wildman–Crippen MR) is 100 cm³/mol. The monoisotopic (exact) mass is 368 g/mol. The molecule has 2 fully saturated rings. The molecule has 0 radical (unpaired) electrons. The normalized spacial score (nSPS) is 25.4. The molecule has 4 rings (SSSR count). The number of nitrogens with zero attached hydrogens (tertiary/aromatic N) is 3. The number of fused-ring (bicyclic) bond motifs is 1. The van der Waals surface area contributed by atoms with Crippen LogP contribution in [-0.2, 0) is 4.79 Å². The molecule has 142 valence electrons. The van der Waals surface area contributed by atoms with Crippen LogP contribution in [0.5, 0.6) is 0 Å². The number of benzene rings is 1. The molecule has 27 heavy (non-hydrogen) atoms. The summed E-state index contributed by atoms with van der Waals surface area (Å²) in [7, 11) is 1.94. The summed E-state index contributed by atoms with van der Waals surface area (Å²) in [6, 6.07) is 9.65. The van der Waals surface area contributed by atoms with Crippen molar-refractivity contribution < 1.29 is 14.7 Å². The highest BCUT2D eigenvalue weighted by molar-refractivity contribution is 5.95. The lowest BCUT2D eigenvalue weighted by atomic mass is 9.73. The number of carboxylic acid groups (broad SMARTS) is 1. The first-order valence-corrected chi connectivity index (χ1v) is 9.24. The number of rotatable bonds is 3. The molecule has 1 amide bonds. The fourth-order valence-corrected chi connectivity index (χ4v) is 4.47. The van der Waals surface area contributed by atoms with E-state index in [0.717, 1.165) is 18.5 Å². The Bertz CT molecular complexity index is 879. The minimum Gasteiger partial charge on any atom is -0.481 e. The van der Waals surface area contributed by atoms with Crippen LogP contribution in [0.4, 0.5) is 0 Å². The van der Waals surface area contributed by atoms with Crippen molar-refractivity contribution in [2.45, 2.75) is 13.3 Å². The van der Waals surface area contributed by atoms with Crippen LogP contribution in [0.3, 0.4) is 0 Å². The molecule has 0 unspecified atom stereocenters. The van der Waals surface area contributed by atoms with Crippen molar-refractivity contribution in [3.05, 3.63) is 41.7 Å². The van der Waals surface area contributed by atoms with E-state index in [1.165, 1.54) is 0 Å². The molecule has 0 saturated carbocycles. The fraction of sp³-hybridized carbons (Fsp3) is 0.450. The Labute approximate surface area is 158 Å². The average molecular weight is 368 g/mol. The first-order valence-electron chi connectivity index (χ1n) is 9.24. The summed E-state index contributed by atoms with van der Waals surface area (Å²) in [5, 5.41) is 9.91. The lowest BCUT2D eigenvalue weighted by Gasteiger charge is -2.39. The minimum atomic E-state index is -0.880. The summed E-state index contributed by atoms with van der Waals surface area (Å²) in [5.74, 6) is -0.356. The highest BCUT2D eigenvalue weighted by atomic mass is 16.4. The molecule has 2 N–H and O–H groups in total. The van der Waals surface area contributed by atoms with Gasteiger partial charge in [0.2, 0.25) is 0 Å². The van der Waals surface area contributed by atoms with E-state index < -0.39 is 11.4 Å². The lowest BCUT2D eigenvalue weighted by Crippen LogP contribution is -2.52. The zero-order valence-corrected chi connectivity index (χ0v) is 15.6.